The highest BCUT2D eigenvalue weighted by molar-refractivity contribution is 5.33. The lowest BCUT2D eigenvalue weighted by molar-refractivity contribution is 0.297. The summed E-state index contributed by atoms with van der Waals surface area (Å²) in [5.41, 5.74) is 6.08. The Labute approximate surface area is 108 Å². The fourth-order valence-electron chi connectivity index (χ4n) is 2.07. The Morgan fingerprint density at radius 1 is 1.17 bits per heavy atom. The molecule has 0 fully saturated rings. The molecule has 0 aliphatic rings. The van der Waals surface area contributed by atoms with Crippen LogP contribution in [0.4, 0.5) is 0 Å². The highest BCUT2D eigenvalue weighted by Crippen LogP contribution is 2.15. The number of aryl methyl sites for hydroxylation is 3. The fourth-order valence-corrected chi connectivity index (χ4v) is 2.07. The molecule has 1 aromatic carbocycles. The van der Waals surface area contributed by atoms with Crippen molar-refractivity contribution in [3.8, 4) is 0 Å². The number of H-pyrrole nitrogens is 1. The van der Waals surface area contributed by atoms with Crippen molar-refractivity contribution < 1.29 is 5.11 Å². The molecule has 96 valence electrons. The maximum Gasteiger partial charge on any atom is 0.108 e. The number of aromatic nitrogens is 2. The van der Waals surface area contributed by atoms with Crippen LogP contribution in [0.5, 0.6) is 0 Å². The van der Waals surface area contributed by atoms with Crippen molar-refractivity contribution in [1.82, 2.24) is 9.97 Å². The van der Waals surface area contributed by atoms with Crippen molar-refractivity contribution >= 4 is 0 Å². The Kier molecular flexibility index (Phi) is 3.82. The number of aliphatic hydroxyl groups is 1. The van der Waals surface area contributed by atoms with Gasteiger partial charge in [0.15, 0.2) is 0 Å². The molecule has 0 saturated carbocycles. The quantitative estimate of drug-likeness (QED) is 0.868. The zero-order valence-corrected chi connectivity index (χ0v) is 11.2. The van der Waals surface area contributed by atoms with E-state index in [2.05, 4.69) is 42.0 Å². The fraction of sp³-hybridized carbons (Fsp3) is 0.400. The monoisotopic (exact) mass is 244 g/mol. The van der Waals surface area contributed by atoms with Crippen molar-refractivity contribution in [2.75, 3.05) is 6.61 Å². The third-order valence-electron chi connectivity index (χ3n) is 3.33. The van der Waals surface area contributed by atoms with Gasteiger partial charge in [0.25, 0.3) is 0 Å². The van der Waals surface area contributed by atoms with Crippen LogP contribution in [0.1, 0.15) is 33.9 Å². The Bertz CT molecular complexity index is 543. The van der Waals surface area contributed by atoms with Crippen LogP contribution in [0.15, 0.2) is 18.2 Å². The maximum absolute atomic E-state index is 8.92. The van der Waals surface area contributed by atoms with Gasteiger partial charge in [0, 0.05) is 18.5 Å². The first-order valence-electron chi connectivity index (χ1n) is 6.31. The van der Waals surface area contributed by atoms with Gasteiger partial charge in [0.05, 0.1) is 12.3 Å². The number of aliphatic hydroxyl groups excluding tert-OH is 1. The molecule has 2 rings (SSSR count). The van der Waals surface area contributed by atoms with Crippen molar-refractivity contribution in [2.45, 2.75) is 33.6 Å². The number of imidazole rings is 1. The lowest BCUT2D eigenvalue weighted by Crippen LogP contribution is -1.94. The highest BCUT2D eigenvalue weighted by Gasteiger charge is 2.07. The second-order valence-corrected chi connectivity index (χ2v) is 4.82. The maximum atomic E-state index is 8.92. The molecule has 0 spiro atoms. The van der Waals surface area contributed by atoms with Gasteiger partial charge in [-0.05, 0) is 37.5 Å². The Balaban J connectivity index is 2.20. The number of aromatic amines is 1. The average Bonchev–Trinajstić information content (AvgIpc) is 2.65. The molecule has 0 aliphatic carbocycles. The van der Waals surface area contributed by atoms with E-state index in [1.165, 1.54) is 16.7 Å². The van der Waals surface area contributed by atoms with E-state index in [1.54, 1.807) is 0 Å². The van der Waals surface area contributed by atoms with Crippen LogP contribution in [0, 0.1) is 20.8 Å². The lowest BCUT2D eigenvalue weighted by Gasteiger charge is -2.04. The Hall–Kier alpha value is -1.61. The predicted molar refractivity (Wildman–Crippen MR) is 72.8 cm³/mol. The van der Waals surface area contributed by atoms with E-state index in [4.69, 9.17) is 5.11 Å². The summed E-state index contributed by atoms with van der Waals surface area (Å²) in [5, 5.41) is 8.92. The van der Waals surface area contributed by atoms with Crippen molar-refractivity contribution in [1.29, 1.82) is 0 Å². The number of rotatable bonds is 4. The summed E-state index contributed by atoms with van der Waals surface area (Å²) in [6.45, 7) is 6.42. The molecule has 0 saturated heterocycles. The van der Waals surface area contributed by atoms with Gasteiger partial charge >= 0.3 is 0 Å². The van der Waals surface area contributed by atoms with Crippen LogP contribution in [0.2, 0.25) is 0 Å². The molecule has 0 unspecified atom stereocenters. The molecule has 2 aromatic rings. The largest absolute Gasteiger partial charge is 0.396 e. The van der Waals surface area contributed by atoms with E-state index in [0.717, 1.165) is 23.6 Å². The molecular formula is C15H20N2O. The normalized spacial score (nSPS) is 10.9. The minimum atomic E-state index is 0.135. The first kappa shape index (κ1) is 12.8. The standard InChI is InChI=1S/C15H20N2O/c1-10-4-5-13(8-11(10)2)9-14-12(3)16-15(17-14)6-7-18/h4-5,8,18H,6-7,9H2,1-3H3,(H,16,17). The molecule has 1 heterocycles. The minimum absolute atomic E-state index is 0.135. The summed E-state index contributed by atoms with van der Waals surface area (Å²) in [6, 6.07) is 6.53. The third-order valence-corrected chi connectivity index (χ3v) is 3.33. The van der Waals surface area contributed by atoms with Gasteiger partial charge in [0.2, 0.25) is 0 Å². The molecule has 1 aromatic heterocycles. The summed E-state index contributed by atoms with van der Waals surface area (Å²) in [7, 11) is 0. The molecule has 18 heavy (non-hydrogen) atoms. The van der Waals surface area contributed by atoms with E-state index in [0.29, 0.717) is 6.42 Å². The second-order valence-electron chi connectivity index (χ2n) is 4.82. The Morgan fingerprint density at radius 2 is 1.94 bits per heavy atom. The molecule has 3 nitrogen and oxygen atoms in total. The Morgan fingerprint density at radius 3 is 2.61 bits per heavy atom. The van der Waals surface area contributed by atoms with Crippen LogP contribution in [-0.2, 0) is 12.8 Å². The zero-order chi connectivity index (χ0) is 13.1. The van der Waals surface area contributed by atoms with Gasteiger partial charge in [-0.3, -0.25) is 0 Å². The molecule has 0 radical (unpaired) electrons. The van der Waals surface area contributed by atoms with Crippen LogP contribution >= 0.6 is 0 Å². The van der Waals surface area contributed by atoms with Crippen LogP contribution in [-0.4, -0.2) is 21.7 Å². The van der Waals surface area contributed by atoms with Gasteiger partial charge in [-0.15, -0.1) is 0 Å². The van der Waals surface area contributed by atoms with Crippen LogP contribution < -0.4 is 0 Å². The zero-order valence-electron chi connectivity index (χ0n) is 11.2. The van der Waals surface area contributed by atoms with Crippen molar-refractivity contribution in [3.05, 3.63) is 52.1 Å². The van der Waals surface area contributed by atoms with E-state index in [1.807, 2.05) is 6.92 Å². The van der Waals surface area contributed by atoms with E-state index < -0.39 is 0 Å². The number of nitrogens with zero attached hydrogens (tertiary/aromatic N) is 1. The molecule has 2 N–H and O–H groups in total. The van der Waals surface area contributed by atoms with Crippen LogP contribution in [0.25, 0.3) is 0 Å². The number of benzene rings is 1. The summed E-state index contributed by atoms with van der Waals surface area (Å²) in [5.74, 6) is 0.869. The van der Waals surface area contributed by atoms with Crippen LogP contribution in [0.3, 0.4) is 0 Å². The second kappa shape index (κ2) is 5.36. The predicted octanol–water partition coefficient (Wildman–Crippen LogP) is 2.46. The number of nitrogens with one attached hydrogen (secondary N) is 1. The average molecular weight is 244 g/mol. The molecule has 0 atom stereocenters. The SMILES string of the molecule is Cc1ccc(Cc2nc(CCO)[nH]c2C)cc1C. The topological polar surface area (TPSA) is 48.9 Å². The number of hydrogen-bond acceptors (Lipinski definition) is 2. The van der Waals surface area contributed by atoms with Gasteiger partial charge in [-0.25, -0.2) is 4.98 Å². The lowest BCUT2D eigenvalue weighted by atomic mass is 10.0. The first-order valence-corrected chi connectivity index (χ1v) is 6.31. The third kappa shape index (κ3) is 2.79. The van der Waals surface area contributed by atoms with Gasteiger partial charge in [-0.1, -0.05) is 18.2 Å². The molecule has 3 heteroatoms. The van der Waals surface area contributed by atoms with Gasteiger partial charge in [-0.2, -0.15) is 0 Å². The van der Waals surface area contributed by atoms with E-state index in [-0.39, 0.29) is 6.61 Å². The highest BCUT2D eigenvalue weighted by atomic mass is 16.3. The molecule has 0 bridgehead atoms. The van der Waals surface area contributed by atoms with E-state index in [9.17, 15) is 0 Å². The number of hydrogen-bond donors (Lipinski definition) is 2. The molecular weight excluding hydrogens is 224 g/mol. The summed E-state index contributed by atoms with van der Waals surface area (Å²) in [6.07, 6.45) is 1.43. The molecule has 0 amide bonds. The summed E-state index contributed by atoms with van der Waals surface area (Å²) >= 11 is 0. The van der Waals surface area contributed by atoms with Crippen molar-refractivity contribution in [2.24, 2.45) is 0 Å². The van der Waals surface area contributed by atoms with E-state index >= 15 is 0 Å². The van der Waals surface area contributed by atoms with Gasteiger partial charge in [0.1, 0.15) is 5.82 Å². The smallest absolute Gasteiger partial charge is 0.108 e. The summed E-state index contributed by atoms with van der Waals surface area (Å²) < 4.78 is 0. The van der Waals surface area contributed by atoms with Gasteiger partial charge < -0.3 is 10.1 Å². The molecule has 0 aliphatic heterocycles. The first-order chi connectivity index (χ1) is 8.60. The van der Waals surface area contributed by atoms with Crippen molar-refractivity contribution in [3.63, 3.8) is 0 Å². The summed E-state index contributed by atoms with van der Waals surface area (Å²) in [4.78, 5) is 7.75. The minimum Gasteiger partial charge on any atom is -0.396 e.